The molecule has 0 saturated heterocycles. The zero-order chi connectivity index (χ0) is 97.8. The van der Waals surface area contributed by atoms with E-state index in [1.807, 2.05) is 12.2 Å². The Labute approximate surface area is 790 Å². The predicted molar refractivity (Wildman–Crippen MR) is 490 cm³/mol. The first kappa shape index (κ1) is 97.0. The summed E-state index contributed by atoms with van der Waals surface area (Å²) in [5, 5.41) is 30.6. The molecule has 2 N–H and O–H groups in total. The fraction of sp³-hybridized carbons (Fsp3) is 0.359. The molecule has 8 aromatic heterocycles. The van der Waals surface area contributed by atoms with E-state index in [1.165, 1.54) is 112 Å². The van der Waals surface area contributed by atoms with E-state index < -0.39 is 152 Å². The highest BCUT2D eigenvalue weighted by Crippen LogP contribution is 2.58. The zero-order valence-corrected chi connectivity index (χ0v) is 78.0. The number of pyridine rings is 1. The minimum Gasteiger partial charge on any atom is -0.404 e. The first-order valence-corrected chi connectivity index (χ1v) is 50.1. The number of fused-ring (bicyclic) bond motifs is 5. The van der Waals surface area contributed by atoms with E-state index in [2.05, 4.69) is 69.1 Å². The fourth-order valence-corrected chi connectivity index (χ4v) is 27.6. The molecular weight excluding hydrogens is 1920 g/mol. The number of rotatable bonds is 22. The maximum Gasteiger partial charge on any atom is 0.427 e. The van der Waals surface area contributed by atoms with Crippen molar-refractivity contribution in [2.75, 3.05) is 6.54 Å². The molecule has 137 heavy (non-hydrogen) atoms. The van der Waals surface area contributed by atoms with Crippen LogP contribution < -0.4 is 5.73 Å². The number of nitrogens with two attached hydrogens (primary N) is 1. The standard InChI is InChI=1S/C32H32ClF3N6O2S.C31H28F4N8O2S2.C29H26F6N6O2S2/c1-41-19-27(18-39-41)45(2,44)42(26-15-32(35,36)16-26)25-8-3-21-11-28(40-24-6-4-23(34)5-7-24)20(17-37)13-31(21,14-25)30(43)29-12-22(33)9-10-38-29;1-41-17-38-29(40-41)47(2,45)43(24-9-18(10-24)14-36)23-6-3-20-11-25-19(15-39-42(25)22-7-4-21(32)5-8-22)12-30(20,13-23)27(44)28-37-16-26(46-28)31(33,34)35;1-39-15-22(13-37-39)45(2,43)40(16-25(31)32)21-6-3-18-9-23-17(12-38-41(23)20-7-4-19(30)5-8-20)10-28(18,11-21)26(42)27-36-14-24(44-27)29(33,34)35/h4-7,9-12,17-19,25-26H,2-3,8,13-16,37H2,1H3;4-5,7-8,11,15-18,23-24H,2-3,6,9-10,12-13H2,1H3;4-5,7-9,12-15,21,25H,2-3,6,10-11,16H2,1H3/t25-,31-,45?;18?,23-,24?,30-,47?;21-,28-,45?/m000/s1. The van der Waals surface area contributed by atoms with E-state index >= 15 is 0 Å². The zero-order valence-electron chi connectivity index (χ0n) is 73.2. The Balaban J connectivity index is 0.000000142. The van der Waals surface area contributed by atoms with Gasteiger partial charge >= 0.3 is 12.4 Å². The van der Waals surface area contributed by atoms with Gasteiger partial charge in [0.1, 0.15) is 39.2 Å². The number of thiazole rings is 2. The maximum atomic E-state index is 14.6. The number of Topliss-reactive ketones (excluding diaryl/α,β-unsaturated/α-hetero) is 3. The van der Waals surface area contributed by atoms with Crippen molar-refractivity contribution < 1.29 is 84.1 Å². The average Bonchev–Trinajstić information content (AvgIpc) is 1.48. The van der Waals surface area contributed by atoms with Crippen molar-refractivity contribution in [3.05, 3.63) is 252 Å². The number of hydrogen-bond acceptors (Lipinski definition) is 20. The molecule has 9 atom stereocenters. The van der Waals surface area contributed by atoms with Crippen molar-refractivity contribution in [2.45, 2.75) is 173 Å². The van der Waals surface area contributed by atoms with Crippen LogP contribution in [0.2, 0.25) is 5.02 Å². The lowest BCUT2D eigenvalue weighted by atomic mass is 9.59. The first-order chi connectivity index (χ1) is 64.8. The second-order valence-electron chi connectivity index (χ2n) is 35.3. The third kappa shape index (κ3) is 18.8. The number of halogens is 14. The normalized spacial score (nSPS) is 24.3. The molecule has 0 bridgehead atoms. The van der Waals surface area contributed by atoms with Crippen molar-refractivity contribution in [1.82, 2.24) is 81.8 Å². The summed E-state index contributed by atoms with van der Waals surface area (Å²) in [6.07, 6.45) is 9.96. The molecule has 19 rings (SSSR count). The van der Waals surface area contributed by atoms with E-state index in [0.29, 0.717) is 134 Å². The third-order valence-electron chi connectivity index (χ3n) is 26.5. The van der Waals surface area contributed by atoms with Crippen molar-refractivity contribution in [3.8, 4) is 17.4 Å². The smallest absolute Gasteiger partial charge is 0.404 e. The predicted octanol–water partition coefficient (Wildman–Crippen LogP) is 17.2. The number of alkyl halides is 10. The number of aliphatic imine (C=N–C) groups is 1. The summed E-state index contributed by atoms with van der Waals surface area (Å²) in [7, 11) is -5.17. The van der Waals surface area contributed by atoms with Gasteiger partial charge in [-0.05, 0) is 234 Å². The van der Waals surface area contributed by atoms with Gasteiger partial charge in [0, 0.05) is 93.7 Å². The molecule has 8 heterocycles. The number of hydrogen-bond donors (Lipinski definition) is 1. The van der Waals surface area contributed by atoms with Crippen LogP contribution in [0.15, 0.2) is 202 Å². The number of carbonyl (C=O) groups is 3. The lowest BCUT2D eigenvalue weighted by Crippen LogP contribution is -2.59. The Morgan fingerprint density at radius 1 is 0.591 bits per heavy atom. The molecule has 11 aromatic rings. The molecular formula is C92H86ClF13N20O6S5. The number of carbonyl (C=O) groups excluding carboxylic acids is 3. The lowest BCUT2D eigenvalue weighted by Gasteiger charge is -2.52. The van der Waals surface area contributed by atoms with Gasteiger partial charge in [-0.1, -0.05) is 28.3 Å². The quantitative estimate of drug-likeness (QED) is 0.0374. The van der Waals surface area contributed by atoms with Crippen LogP contribution in [0.5, 0.6) is 0 Å². The average molecular weight is 2010 g/mol. The van der Waals surface area contributed by atoms with E-state index in [0.717, 1.165) is 9.88 Å². The summed E-state index contributed by atoms with van der Waals surface area (Å²) in [4.78, 5) is 62.9. The molecule has 45 heteroatoms. The number of nitrogens with zero attached hydrogens (tertiary/aromatic N) is 19. The van der Waals surface area contributed by atoms with Crippen LogP contribution in [-0.2, 0) is 75.5 Å². The molecule has 3 unspecified atom stereocenters. The van der Waals surface area contributed by atoms with Gasteiger partial charge in [0.15, 0.2) is 15.8 Å². The summed E-state index contributed by atoms with van der Waals surface area (Å²) in [6, 6.07) is 19.5. The molecule has 5 fully saturated rings. The fourth-order valence-electron chi connectivity index (χ4n) is 20.0. The minimum atomic E-state index is -4.71. The molecule has 718 valence electrons. The second-order valence-corrected chi connectivity index (χ2v) is 44.3. The number of aromatic nitrogens is 14. The van der Waals surface area contributed by atoms with Crippen molar-refractivity contribution >= 4 is 122 Å². The molecule has 0 aliphatic heterocycles. The van der Waals surface area contributed by atoms with Gasteiger partial charge < -0.3 is 5.73 Å². The third-order valence-corrected chi connectivity index (χ3v) is 35.3. The highest BCUT2D eigenvalue weighted by atomic mass is 35.5. The van der Waals surface area contributed by atoms with Crippen LogP contribution in [0.3, 0.4) is 0 Å². The van der Waals surface area contributed by atoms with Gasteiger partial charge in [0.05, 0.1) is 139 Å². The summed E-state index contributed by atoms with van der Waals surface area (Å²) in [5.41, 5.74) is 9.63. The summed E-state index contributed by atoms with van der Waals surface area (Å²) in [6.45, 7) is -0.908. The molecule has 8 aliphatic carbocycles. The molecule has 0 spiro atoms. The highest BCUT2D eigenvalue weighted by molar-refractivity contribution is 7.98. The monoisotopic (exact) mass is 2010 g/mol. The van der Waals surface area contributed by atoms with Gasteiger partial charge in [0.2, 0.25) is 16.7 Å². The van der Waals surface area contributed by atoms with Gasteiger partial charge in [-0.2, -0.15) is 52.0 Å². The van der Waals surface area contributed by atoms with Crippen molar-refractivity contribution in [2.24, 2.45) is 54.0 Å². The second kappa shape index (κ2) is 36.9. The molecule has 26 nitrogen and oxygen atoms in total. The molecule has 8 aliphatic rings. The number of allylic oxidation sites excluding steroid dienone is 5. The van der Waals surface area contributed by atoms with Crippen LogP contribution in [0.1, 0.15) is 152 Å². The number of nitriles is 1. The molecule has 0 radical (unpaired) electrons. The van der Waals surface area contributed by atoms with Crippen LogP contribution in [0.25, 0.3) is 23.5 Å². The first-order valence-electron chi connectivity index (χ1n) is 43.0. The largest absolute Gasteiger partial charge is 0.427 e. The summed E-state index contributed by atoms with van der Waals surface area (Å²) in [5.74, 6) is 6.07. The van der Waals surface area contributed by atoms with Crippen LogP contribution in [-0.4, -0.2) is 184 Å². The highest BCUT2D eigenvalue weighted by Gasteiger charge is 2.59. The van der Waals surface area contributed by atoms with Crippen LogP contribution in [0, 0.1) is 50.9 Å². The van der Waals surface area contributed by atoms with Crippen LogP contribution in [0.4, 0.5) is 62.8 Å². The van der Waals surface area contributed by atoms with E-state index in [9.17, 15) is 89.3 Å². The van der Waals surface area contributed by atoms with Gasteiger partial charge in [-0.15, -0.1) is 27.8 Å². The van der Waals surface area contributed by atoms with Crippen molar-refractivity contribution in [3.63, 3.8) is 0 Å². The van der Waals surface area contributed by atoms with Gasteiger partial charge in [0.25, 0.3) is 12.3 Å². The summed E-state index contributed by atoms with van der Waals surface area (Å²) >= 11 is 6.79. The minimum absolute atomic E-state index is 0.0145. The molecule has 3 aromatic carbocycles. The lowest BCUT2D eigenvalue weighted by molar-refractivity contribution is -0.135. The van der Waals surface area contributed by atoms with Crippen LogP contribution >= 0.6 is 34.3 Å². The Kier molecular flexibility index (Phi) is 26.1. The number of aryl methyl sites for hydroxylation is 3. The SMILES string of the molecule is C=S(=O)(c1cnn(C)c1)N(C1CC(F)(F)C1)[C@H]1CCC2=CC(=Nc3ccc(F)cc3)C(=CN)C[C@]2(C(=O)c2cc(Cl)ccn2)C1.C=S(=O)(c1cnn(C)c1)N(CC(F)F)[C@H]1CCC2=Cc3c(cnn3-c3ccc(F)cc3)C[C@]2(C(=O)c2ncc(C(F)(F)F)s2)C1.C=S(=O)(c1ncn(C)n1)N(C1CC(C#N)C1)[C@H]1CCC2=Cc3c(cnn3-c3ccc(F)cc3)C[C@]2(C(=O)c2ncc(C(F)(F)F)s2)C1. The Hall–Kier alpha value is -11.7. The van der Waals surface area contributed by atoms with E-state index in [-0.39, 0.29) is 106 Å². The topological polar surface area (TPSA) is 315 Å². The van der Waals surface area contributed by atoms with Gasteiger partial charge in [-0.25, -0.2) is 85.6 Å². The number of ketones is 3. The van der Waals surface area contributed by atoms with E-state index in [1.54, 1.807) is 87.9 Å². The van der Waals surface area contributed by atoms with Gasteiger partial charge in [-0.3, -0.25) is 33.4 Å². The Morgan fingerprint density at radius 2 is 1.06 bits per heavy atom. The Bertz CT molecular complexity index is 7120. The van der Waals surface area contributed by atoms with Crippen molar-refractivity contribution in [1.29, 1.82) is 5.26 Å². The number of benzene rings is 3. The van der Waals surface area contributed by atoms with E-state index in [4.69, 9.17) is 22.3 Å². The molecule has 0 amide bonds. The molecule has 5 saturated carbocycles. The summed E-state index contributed by atoms with van der Waals surface area (Å²) < 4.78 is 234. The maximum absolute atomic E-state index is 14.6. The Morgan fingerprint density at radius 3 is 1.50 bits per heavy atom.